The zero-order chi connectivity index (χ0) is 19.2. The van der Waals surface area contributed by atoms with Gasteiger partial charge in [0.25, 0.3) is 5.91 Å². The number of hydrogen-bond acceptors (Lipinski definition) is 3. The van der Waals surface area contributed by atoms with Gasteiger partial charge < -0.3 is 5.32 Å². The number of nitrogens with zero attached hydrogens (tertiary/aromatic N) is 2. The van der Waals surface area contributed by atoms with Gasteiger partial charge in [-0.15, -0.1) is 0 Å². The smallest absolute Gasteiger partial charge is 0.312 e. The number of rotatable bonds is 5. The Bertz CT molecular complexity index is 729. The van der Waals surface area contributed by atoms with Gasteiger partial charge in [-0.2, -0.15) is 13.2 Å². The molecule has 0 bridgehead atoms. The summed E-state index contributed by atoms with van der Waals surface area (Å²) in [5.74, 6) is -1.24. The van der Waals surface area contributed by atoms with Crippen LogP contribution in [0.25, 0.3) is 0 Å². The molecule has 0 radical (unpaired) electrons. The second kappa shape index (κ2) is 6.51. The molecule has 4 rings (SSSR count). The van der Waals surface area contributed by atoms with E-state index in [1.165, 1.54) is 24.3 Å². The number of benzene rings is 1. The molecule has 0 spiro atoms. The minimum Gasteiger partial charge on any atom is -0.312 e. The van der Waals surface area contributed by atoms with E-state index in [4.69, 9.17) is 0 Å². The highest BCUT2D eigenvalue weighted by Crippen LogP contribution is 2.44. The van der Waals surface area contributed by atoms with Gasteiger partial charge in [0.05, 0.1) is 6.67 Å². The molecule has 5 nitrogen and oxygen atoms in total. The predicted molar refractivity (Wildman–Crippen MR) is 91.5 cm³/mol. The maximum Gasteiger partial charge on any atom is 0.425 e. The van der Waals surface area contributed by atoms with E-state index >= 15 is 0 Å². The third-order valence-electron chi connectivity index (χ3n) is 5.85. The van der Waals surface area contributed by atoms with E-state index in [2.05, 4.69) is 4.90 Å². The Morgan fingerprint density at radius 2 is 1.63 bits per heavy atom. The van der Waals surface area contributed by atoms with E-state index in [1.807, 2.05) is 5.32 Å². The monoisotopic (exact) mass is 381 g/mol. The van der Waals surface area contributed by atoms with Crippen LogP contribution in [0.2, 0.25) is 0 Å². The Morgan fingerprint density at radius 1 is 1.04 bits per heavy atom. The highest BCUT2D eigenvalue weighted by molar-refractivity contribution is 6.08. The van der Waals surface area contributed by atoms with Gasteiger partial charge in [0.1, 0.15) is 0 Å². The molecule has 0 unspecified atom stereocenters. The quantitative estimate of drug-likeness (QED) is 0.796. The third-order valence-corrected chi connectivity index (χ3v) is 5.85. The first-order chi connectivity index (χ1) is 12.8. The summed E-state index contributed by atoms with van der Waals surface area (Å²) in [5.41, 5.74) is -3.28. The van der Waals surface area contributed by atoms with Crippen LogP contribution in [0.4, 0.5) is 18.0 Å². The number of imide groups is 1. The molecule has 1 aromatic rings. The molecule has 8 heteroatoms. The molecule has 0 aromatic heterocycles. The lowest BCUT2D eigenvalue weighted by Gasteiger charge is -2.33. The van der Waals surface area contributed by atoms with Gasteiger partial charge in [0.15, 0.2) is 0 Å². The van der Waals surface area contributed by atoms with Crippen LogP contribution < -0.4 is 5.32 Å². The van der Waals surface area contributed by atoms with Crippen molar-refractivity contribution in [1.82, 2.24) is 15.1 Å². The molecule has 1 aromatic carbocycles. The van der Waals surface area contributed by atoms with Gasteiger partial charge in [0, 0.05) is 12.1 Å². The molecule has 1 atom stereocenters. The summed E-state index contributed by atoms with van der Waals surface area (Å²) in [6.07, 6.45) is 1.06. The molecule has 3 fully saturated rings. The fraction of sp³-hybridized carbons (Fsp3) is 0.579. The van der Waals surface area contributed by atoms with Crippen LogP contribution in [-0.2, 0) is 10.3 Å². The molecular formula is C19H22F3N3O2. The summed E-state index contributed by atoms with van der Waals surface area (Å²) < 4.78 is 42.1. The SMILES string of the molecule is O=C1N[C@](c2ccccc2)(C(F)(F)F)C(=O)N1CN(C1CCCC1)C1CC1. The van der Waals surface area contributed by atoms with Crippen molar-refractivity contribution < 1.29 is 22.8 Å². The van der Waals surface area contributed by atoms with E-state index in [0.29, 0.717) is 0 Å². The van der Waals surface area contributed by atoms with E-state index in [0.717, 1.165) is 43.4 Å². The van der Waals surface area contributed by atoms with E-state index in [9.17, 15) is 22.8 Å². The fourth-order valence-electron chi connectivity index (χ4n) is 4.28. The Balaban J connectivity index is 1.65. The molecule has 2 saturated carbocycles. The minimum atomic E-state index is -4.94. The summed E-state index contributed by atoms with van der Waals surface area (Å²) >= 11 is 0. The summed E-state index contributed by atoms with van der Waals surface area (Å²) in [5, 5.41) is 1.96. The average molecular weight is 381 g/mol. The molecule has 3 amide bonds. The fourth-order valence-corrected chi connectivity index (χ4v) is 4.28. The van der Waals surface area contributed by atoms with Crippen molar-refractivity contribution in [2.45, 2.75) is 62.3 Å². The number of halogens is 3. The van der Waals surface area contributed by atoms with Crippen molar-refractivity contribution in [3.8, 4) is 0 Å². The Labute approximate surface area is 155 Å². The number of nitrogens with one attached hydrogen (secondary N) is 1. The van der Waals surface area contributed by atoms with Crippen LogP contribution in [-0.4, -0.2) is 46.7 Å². The first kappa shape index (κ1) is 18.3. The minimum absolute atomic E-state index is 0.0787. The first-order valence-electron chi connectivity index (χ1n) is 9.36. The van der Waals surface area contributed by atoms with Gasteiger partial charge in [-0.3, -0.25) is 9.69 Å². The summed E-state index contributed by atoms with van der Waals surface area (Å²) in [6.45, 7) is -0.0787. The summed E-state index contributed by atoms with van der Waals surface area (Å²) in [4.78, 5) is 28.3. The van der Waals surface area contributed by atoms with Crippen LogP contribution in [0, 0.1) is 0 Å². The molecule has 1 N–H and O–H groups in total. The molecule has 3 aliphatic rings. The second-order valence-electron chi connectivity index (χ2n) is 7.60. The normalized spacial score (nSPS) is 26.9. The van der Waals surface area contributed by atoms with Crippen LogP contribution in [0.1, 0.15) is 44.1 Å². The Morgan fingerprint density at radius 3 is 2.19 bits per heavy atom. The van der Waals surface area contributed by atoms with Crippen molar-refractivity contribution in [2.24, 2.45) is 0 Å². The molecule has 27 heavy (non-hydrogen) atoms. The predicted octanol–water partition coefficient (Wildman–Crippen LogP) is 3.36. The maximum atomic E-state index is 14.0. The maximum absolute atomic E-state index is 14.0. The molecule has 1 saturated heterocycles. The van der Waals surface area contributed by atoms with Crippen LogP contribution >= 0.6 is 0 Å². The molecule has 1 heterocycles. The van der Waals surface area contributed by atoms with E-state index in [-0.39, 0.29) is 24.3 Å². The summed E-state index contributed by atoms with van der Waals surface area (Å²) in [7, 11) is 0. The van der Waals surface area contributed by atoms with Crippen molar-refractivity contribution >= 4 is 11.9 Å². The standard InChI is InChI=1S/C19H22F3N3O2/c20-19(21,22)18(13-6-2-1-3-7-13)16(26)25(17(27)23-18)12-24(15-10-11-15)14-8-4-5-9-14/h1-3,6-7,14-15H,4-5,8-12H2,(H,23,27)/t18-/m0/s1. The number of hydrogen-bond donors (Lipinski definition) is 1. The Kier molecular flexibility index (Phi) is 4.41. The number of alkyl halides is 3. The topological polar surface area (TPSA) is 52.7 Å². The van der Waals surface area contributed by atoms with Gasteiger partial charge in [-0.05, 0) is 31.2 Å². The van der Waals surface area contributed by atoms with Crippen LogP contribution in [0.3, 0.4) is 0 Å². The van der Waals surface area contributed by atoms with E-state index in [1.54, 1.807) is 6.07 Å². The largest absolute Gasteiger partial charge is 0.425 e. The second-order valence-corrected chi connectivity index (χ2v) is 7.60. The zero-order valence-electron chi connectivity index (χ0n) is 14.8. The molecule has 2 aliphatic carbocycles. The summed E-state index contributed by atoms with van der Waals surface area (Å²) in [6, 6.07) is 6.39. The number of carbonyl (C=O) groups is 2. The highest BCUT2D eigenvalue weighted by atomic mass is 19.4. The number of urea groups is 1. The zero-order valence-corrected chi connectivity index (χ0v) is 14.8. The number of amides is 3. The lowest BCUT2D eigenvalue weighted by atomic mass is 9.89. The average Bonchev–Trinajstić information content (AvgIpc) is 3.25. The van der Waals surface area contributed by atoms with Crippen LogP contribution in [0.15, 0.2) is 30.3 Å². The molecule has 1 aliphatic heterocycles. The van der Waals surface area contributed by atoms with E-state index < -0.39 is 23.7 Å². The lowest BCUT2D eigenvalue weighted by Crippen LogP contribution is -2.56. The highest BCUT2D eigenvalue weighted by Gasteiger charge is 2.68. The van der Waals surface area contributed by atoms with Gasteiger partial charge in [-0.25, -0.2) is 9.69 Å². The van der Waals surface area contributed by atoms with Gasteiger partial charge >= 0.3 is 12.2 Å². The van der Waals surface area contributed by atoms with Gasteiger partial charge in [-0.1, -0.05) is 43.2 Å². The van der Waals surface area contributed by atoms with Crippen molar-refractivity contribution in [1.29, 1.82) is 0 Å². The lowest BCUT2D eigenvalue weighted by molar-refractivity contribution is -0.198. The molecule has 146 valence electrons. The van der Waals surface area contributed by atoms with Crippen molar-refractivity contribution in [3.63, 3.8) is 0 Å². The van der Waals surface area contributed by atoms with Crippen molar-refractivity contribution in [3.05, 3.63) is 35.9 Å². The number of carbonyl (C=O) groups excluding carboxylic acids is 2. The van der Waals surface area contributed by atoms with Crippen molar-refractivity contribution in [2.75, 3.05) is 6.67 Å². The Hall–Kier alpha value is -2.09. The third kappa shape index (κ3) is 2.99. The van der Waals surface area contributed by atoms with Crippen LogP contribution in [0.5, 0.6) is 0 Å². The molecular weight excluding hydrogens is 359 g/mol. The first-order valence-corrected chi connectivity index (χ1v) is 9.36. The van der Waals surface area contributed by atoms with Gasteiger partial charge in [0.2, 0.25) is 5.54 Å².